The van der Waals surface area contributed by atoms with Crippen molar-refractivity contribution < 1.29 is 14.3 Å². The molecule has 1 amide bonds. The summed E-state index contributed by atoms with van der Waals surface area (Å²) >= 11 is 9.54. The predicted octanol–water partition coefficient (Wildman–Crippen LogP) is 5.92. The molecule has 0 spiro atoms. The number of carbonyl (C=O) groups excluding carboxylic acids is 1. The molecule has 2 aromatic carbocycles. The summed E-state index contributed by atoms with van der Waals surface area (Å²) < 4.78 is 11.9. The van der Waals surface area contributed by atoms with Crippen molar-refractivity contribution in [2.45, 2.75) is 13.8 Å². The van der Waals surface area contributed by atoms with Crippen LogP contribution >= 0.6 is 27.5 Å². The molecule has 0 atom stereocenters. The molecule has 1 N–H and O–H groups in total. The lowest BCUT2D eigenvalue weighted by atomic mass is 10.1. The van der Waals surface area contributed by atoms with Crippen LogP contribution in [0.4, 0.5) is 5.69 Å². The number of halogens is 2. The van der Waals surface area contributed by atoms with Crippen molar-refractivity contribution in [2.75, 3.05) is 18.5 Å². The van der Waals surface area contributed by atoms with E-state index in [1.807, 2.05) is 19.9 Å². The van der Waals surface area contributed by atoms with E-state index in [9.17, 15) is 10.1 Å². The molecule has 2 rings (SSSR count). The Kier molecular flexibility index (Phi) is 8.32. The van der Waals surface area contributed by atoms with Crippen molar-refractivity contribution in [3.63, 3.8) is 0 Å². The number of benzene rings is 2. The zero-order valence-corrected chi connectivity index (χ0v) is 18.4. The Bertz CT molecular complexity index is 996. The molecule has 0 aliphatic heterocycles. The van der Waals surface area contributed by atoms with Gasteiger partial charge in [-0.05, 0) is 71.2 Å². The number of carbonyl (C=O) groups is 1. The molecule has 2 aromatic rings. The number of nitrogens with one attached hydrogen (secondary N) is 1. The molecular weight excluding hydrogens is 456 g/mol. The van der Waals surface area contributed by atoms with Crippen molar-refractivity contribution in [1.82, 2.24) is 0 Å². The largest absolute Gasteiger partial charge is 0.490 e. The summed E-state index contributed by atoms with van der Waals surface area (Å²) in [7, 11) is 0. The van der Waals surface area contributed by atoms with Crippen LogP contribution in [0, 0.1) is 18.3 Å². The molecule has 0 saturated heterocycles. The maximum Gasteiger partial charge on any atom is 0.266 e. The Hall–Kier alpha value is -2.75. The van der Waals surface area contributed by atoms with Crippen LogP contribution in [-0.4, -0.2) is 19.1 Å². The molecule has 150 valence electrons. The molecule has 5 nitrogen and oxygen atoms in total. The fourth-order valence-corrected chi connectivity index (χ4v) is 3.16. The smallest absolute Gasteiger partial charge is 0.266 e. The van der Waals surface area contributed by atoms with Gasteiger partial charge in [0.15, 0.2) is 11.5 Å². The third-order valence-electron chi connectivity index (χ3n) is 3.78. The van der Waals surface area contributed by atoms with Crippen molar-refractivity contribution >= 4 is 45.2 Å². The van der Waals surface area contributed by atoms with Gasteiger partial charge in [0, 0.05) is 10.7 Å². The monoisotopic (exact) mass is 474 g/mol. The Balaban J connectivity index is 2.33. The second-order valence-electron chi connectivity index (χ2n) is 5.95. The van der Waals surface area contributed by atoms with Gasteiger partial charge in [-0.3, -0.25) is 4.79 Å². The van der Waals surface area contributed by atoms with E-state index in [-0.39, 0.29) is 5.57 Å². The van der Waals surface area contributed by atoms with Crippen LogP contribution in [-0.2, 0) is 4.79 Å². The lowest BCUT2D eigenvalue weighted by Crippen LogP contribution is -2.13. The summed E-state index contributed by atoms with van der Waals surface area (Å²) in [6.07, 6.45) is 3.11. The minimum absolute atomic E-state index is 0.0594. The van der Waals surface area contributed by atoms with Gasteiger partial charge in [0.1, 0.15) is 18.2 Å². The van der Waals surface area contributed by atoms with Gasteiger partial charge >= 0.3 is 0 Å². The predicted molar refractivity (Wildman–Crippen MR) is 119 cm³/mol. The van der Waals surface area contributed by atoms with E-state index in [1.165, 1.54) is 6.08 Å². The van der Waals surface area contributed by atoms with E-state index < -0.39 is 5.91 Å². The van der Waals surface area contributed by atoms with E-state index in [4.69, 9.17) is 21.1 Å². The van der Waals surface area contributed by atoms with Crippen molar-refractivity contribution in [1.29, 1.82) is 5.26 Å². The maximum atomic E-state index is 12.5. The van der Waals surface area contributed by atoms with E-state index in [0.29, 0.717) is 45.5 Å². The van der Waals surface area contributed by atoms with Gasteiger partial charge in [-0.1, -0.05) is 30.3 Å². The van der Waals surface area contributed by atoms with Crippen LogP contribution in [0.25, 0.3) is 6.08 Å². The molecule has 0 radical (unpaired) electrons. The van der Waals surface area contributed by atoms with Gasteiger partial charge in [0.25, 0.3) is 5.91 Å². The average Bonchev–Trinajstić information content (AvgIpc) is 2.68. The first-order valence-electron chi connectivity index (χ1n) is 8.78. The maximum absolute atomic E-state index is 12.5. The second kappa shape index (κ2) is 10.7. The number of anilines is 1. The Labute approximate surface area is 183 Å². The Morgan fingerprint density at radius 2 is 2.10 bits per heavy atom. The molecule has 0 aliphatic carbocycles. The van der Waals surface area contributed by atoms with E-state index >= 15 is 0 Å². The topological polar surface area (TPSA) is 71.3 Å². The molecule has 0 saturated carbocycles. The van der Waals surface area contributed by atoms with Gasteiger partial charge in [-0.15, -0.1) is 0 Å². The zero-order valence-electron chi connectivity index (χ0n) is 16.1. The molecule has 0 aliphatic rings. The Morgan fingerprint density at radius 1 is 1.34 bits per heavy atom. The third kappa shape index (κ3) is 6.11. The molecule has 7 heteroatoms. The number of rotatable bonds is 8. The first-order chi connectivity index (χ1) is 13.9. The van der Waals surface area contributed by atoms with Crippen LogP contribution in [0.15, 0.2) is 53.0 Å². The number of ether oxygens (including phenoxy) is 2. The summed E-state index contributed by atoms with van der Waals surface area (Å²) in [5.41, 5.74) is 1.96. The highest BCUT2D eigenvalue weighted by molar-refractivity contribution is 9.10. The fraction of sp³-hybridized carbons (Fsp3) is 0.182. The zero-order chi connectivity index (χ0) is 21.4. The lowest BCUT2D eigenvalue weighted by Gasteiger charge is -2.14. The van der Waals surface area contributed by atoms with Crippen molar-refractivity contribution in [3.8, 4) is 17.6 Å². The SMILES string of the molecule is C=CCOc1c(Br)cc(/C=C(/C#N)C(=O)Nc2ccc(C)c(Cl)c2)cc1OCC. The van der Waals surface area contributed by atoms with Gasteiger partial charge in [-0.2, -0.15) is 5.26 Å². The first-order valence-corrected chi connectivity index (χ1v) is 9.96. The summed E-state index contributed by atoms with van der Waals surface area (Å²) in [5.74, 6) is 0.493. The van der Waals surface area contributed by atoms with Crippen molar-refractivity contribution in [3.05, 3.63) is 69.2 Å². The normalized spacial score (nSPS) is 10.8. The number of nitrogens with zero attached hydrogens (tertiary/aromatic N) is 1. The molecule has 0 heterocycles. The highest BCUT2D eigenvalue weighted by Crippen LogP contribution is 2.37. The summed E-state index contributed by atoms with van der Waals surface area (Å²) in [5, 5.41) is 12.7. The minimum atomic E-state index is -0.534. The number of hydrogen-bond donors (Lipinski definition) is 1. The number of hydrogen-bond acceptors (Lipinski definition) is 4. The van der Waals surface area contributed by atoms with E-state index in [2.05, 4.69) is 27.8 Å². The highest BCUT2D eigenvalue weighted by Gasteiger charge is 2.14. The number of nitriles is 1. The van der Waals surface area contributed by atoms with Crippen LogP contribution in [0.3, 0.4) is 0 Å². The Morgan fingerprint density at radius 3 is 2.72 bits per heavy atom. The summed E-state index contributed by atoms with van der Waals surface area (Å²) in [4.78, 5) is 12.5. The third-order valence-corrected chi connectivity index (χ3v) is 4.78. The molecule has 0 aromatic heterocycles. The lowest BCUT2D eigenvalue weighted by molar-refractivity contribution is -0.112. The quantitative estimate of drug-likeness (QED) is 0.292. The van der Waals surface area contributed by atoms with Gasteiger partial charge in [-0.25, -0.2) is 0 Å². The molecule has 0 bridgehead atoms. The second-order valence-corrected chi connectivity index (χ2v) is 7.21. The van der Waals surface area contributed by atoms with Gasteiger partial charge in [0.2, 0.25) is 0 Å². The van der Waals surface area contributed by atoms with Crippen LogP contribution in [0.1, 0.15) is 18.1 Å². The van der Waals surface area contributed by atoms with Gasteiger partial charge < -0.3 is 14.8 Å². The van der Waals surface area contributed by atoms with Gasteiger partial charge in [0.05, 0.1) is 11.1 Å². The first kappa shape index (κ1) is 22.5. The molecule has 0 fully saturated rings. The van der Waals surface area contributed by atoms with Crippen molar-refractivity contribution in [2.24, 2.45) is 0 Å². The van der Waals surface area contributed by atoms with Crippen LogP contribution < -0.4 is 14.8 Å². The highest BCUT2D eigenvalue weighted by atomic mass is 79.9. The van der Waals surface area contributed by atoms with E-state index in [0.717, 1.165) is 5.56 Å². The molecule has 29 heavy (non-hydrogen) atoms. The molecule has 0 unspecified atom stereocenters. The van der Waals surface area contributed by atoms with Crippen LogP contribution in [0.5, 0.6) is 11.5 Å². The number of amides is 1. The minimum Gasteiger partial charge on any atom is -0.490 e. The molecular formula is C22H20BrClN2O3. The van der Waals surface area contributed by atoms with Crippen LogP contribution in [0.2, 0.25) is 5.02 Å². The average molecular weight is 476 g/mol. The fourth-order valence-electron chi connectivity index (χ4n) is 2.40. The summed E-state index contributed by atoms with van der Waals surface area (Å²) in [6, 6.07) is 10.5. The standard InChI is InChI=1S/C22H20BrClN2O3/c1-4-8-29-21-18(23)10-15(11-20(21)28-5-2)9-16(13-25)22(27)26-17-7-6-14(3)19(24)12-17/h4,6-7,9-12H,1,5,8H2,2-3H3,(H,26,27)/b16-9-. The van der Waals surface area contributed by atoms with E-state index in [1.54, 1.807) is 36.4 Å². The number of aryl methyl sites for hydroxylation is 1. The summed E-state index contributed by atoms with van der Waals surface area (Å²) in [6.45, 7) is 8.11.